The van der Waals surface area contributed by atoms with Gasteiger partial charge in [0, 0.05) is 0 Å². The second kappa shape index (κ2) is 4.16. The normalized spacial score (nSPS) is 24.6. The van der Waals surface area contributed by atoms with Gasteiger partial charge in [-0.15, -0.1) is 0 Å². The van der Waals surface area contributed by atoms with Crippen molar-refractivity contribution >= 4 is 5.97 Å². The predicted octanol–water partition coefficient (Wildman–Crippen LogP) is 3.09. The number of aliphatic carboxylic acids is 1. The average molecular weight is 196 g/mol. The van der Waals surface area contributed by atoms with Gasteiger partial charge in [0.25, 0.3) is 0 Å². The van der Waals surface area contributed by atoms with Crippen LogP contribution in [-0.2, 0) is 4.79 Å². The Morgan fingerprint density at radius 3 is 2.50 bits per heavy atom. The second-order valence-corrected chi connectivity index (χ2v) is 5.20. The Morgan fingerprint density at radius 2 is 2.14 bits per heavy atom. The molecule has 0 bridgehead atoms. The summed E-state index contributed by atoms with van der Waals surface area (Å²) in [4.78, 5) is 11.2. The number of carboxylic acid groups (broad SMARTS) is 1. The molecule has 80 valence electrons. The average Bonchev–Trinajstić information content (AvgIpc) is 2.02. The molecule has 0 heterocycles. The van der Waals surface area contributed by atoms with E-state index in [4.69, 9.17) is 0 Å². The van der Waals surface area contributed by atoms with E-state index in [0.717, 1.165) is 19.3 Å². The Hall–Kier alpha value is -0.790. The molecule has 1 aliphatic rings. The topological polar surface area (TPSA) is 37.3 Å². The largest absolute Gasteiger partial charge is 0.481 e. The standard InChI is InChI=1S/C12H20O2/c1-12(2,3)10(11(13)14)9-7-5-4-6-8-9/h5,7,9-10H,4,6,8H2,1-3H3,(H,13,14). The highest BCUT2D eigenvalue weighted by molar-refractivity contribution is 5.71. The third-order valence-electron chi connectivity index (χ3n) is 2.92. The number of carboxylic acids is 1. The third-order valence-corrected chi connectivity index (χ3v) is 2.92. The molecule has 0 amide bonds. The first-order valence-electron chi connectivity index (χ1n) is 5.32. The molecule has 1 N–H and O–H groups in total. The lowest BCUT2D eigenvalue weighted by molar-refractivity contribution is -0.147. The van der Waals surface area contributed by atoms with Crippen molar-refractivity contribution in [1.82, 2.24) is 0 Å². The molecule has 0 radical (unpaired) electrons. The lowest BCUT2D eigenvalue weighted by atomic mass is 9.70. The van der Waals surface area contributed by atoms with Crippen LogP contribution in [0.3, 0.4) is 0 Å². The summed E-state index contributed by atoms with van der Waals surface area (Å²) in [6.45, 7) is 6.02. The lowest BCUT2D eigenvalue weighted by Crippen LogP contribution is -2.34. The Kier molecular flexibility index (Phi) is 3.35. The SMILES string of the molecule is CC(C)(C)C(C(=O)O)C1C=CCCC1. The van der Waals surface area contributed by atoms with Gasteiger partial charge in [0.05, 0.1) is 5.92 Å². The summed E-state index contributed by atoms with van der Waals surface area (Å²) in [5.74, 6) is -0.686. The van der Waals surface area contributed by atoms with Gasteiger partial charge in [-0.2, -0.15) is 0 Å². The van der Waals surface area contributed by atoms with E-state index in [9.17, 15) is 9.90 Å². The van der Waals surface area contributed by atoms with Crippen LogP contribution in [0.15, 0.2) is 12.2 Å². The molecule has 1 aliphatic carbocycles. The Bertz CT molecular complexity index is 235. The minimum absolute atomic E-state index is 0.155. The summed E-state index contributed by atoms with van der Waals surface area (Å²) in [6.07, 6.45) is 7.46. The quantitative estimate of drug-likeness (QED) is 0.689. The van der Waals surface area contributed by atoms with Crippen LogP contribution in [0.25, 0.3) is 0 Å². The highest BCUT2D eigenvalue weighted by atomic mass is 16.4. The van der Waals surface area contributed by atoms with Crippen molar-refractivity contribution in [3.63, 3.8) is 0 Å². The van der Waals surface area contributed by atoms with E-state index in [2.05, 4.69) is 12.2 Å². The molecule has 0 aromatic carbocycles. The zero-order chi connectivity index (χ0) is 10.8. The van der Waals surface area contributed by atoms with Crippen LogP contribution in [0.4, 0.5) is 0 Å². The minimum atomic E-state index is -0.658. The molecule has 2 heteroatoms. The van der Waals surface area contributed by atoms with Gasteiger partial charge in [-0.1, -0.05) is 32.9 Å². The summed E-state index contributed by atoms with van der Waals surface area (Å²) >= 11 is 0. The van der Waals surface area contributed by atoms with Crippen LogP contribution in [0, 0.1) is 17.3 Å². The number of rotatable bonds is 2. The third kappa shape index (κ3) is 2.60. The van der Waals surface area contributed by atoms with E-state index in [1.807, 2.05) is 20.8 Å². The number of allylic oxidation sites excluding steroid dienone is 2. The van der Waals surface area contributed by atoms with Gasteiger partial charge in [-0.25, -0.2) is 0 Å². The van der Waals surface area contributed by atoms with Crippen molar-refractivity contribution < 1.29 is 9.90 Å². The Labute approximate surface area is 86.0 Å². The maximum absolute atomic E-state index is 11.2. The van der Waals surface area contributed by atoms with Crippen LogP contribution in [-0.4, -0.2) is 11.1 Å². The van der Waals surface area contributed by atoms with Gasteiger partial charge in [0.1, 0.15) is 0 Å². The maximum Gasteiger partial charge on any atom is 0.307 e. The van der Waals surface area contributed by atoms with E-state index in [1.165, 1.54) is 0 Å². The van der Waals surface area contributed by atoms with Gasteiger partial charge in [-0.05, 0) is 30.6 Å². The maximum atomic E-state index is 11.2. The summed E-state index contributed by atoms with van der Waals surface area (Å²) in [7, 11) is 0. The van der Waals surface area contributed by atoms with Crippen LogP contribution in [0.2, 0.25) is 0 Å². The van der Waals surface area contributed by atoms with Gasteiger partial charge < -0.3 is 5.11 Å². The van der Waals surface area contributed by atoms with E-state index in [0.29, 0.717) is 0 Å². The van der Waals surface area contributed by atoms with Crippen molar-refractivity contribution in [2.24, 2.45) is 17.3 Å². The molecule has 0 saturated carbocycles. The molecule has 2 unspecified atom stereocenters. The van der Waals surface area contributed by atoms with E-state index >= 15 is 0 Å². The van der Waals surface area contributed by atoms with Crippen LogP contribution < -0.4 is 0 Å². The van der Waals surface area contributed by atoms with Gasteiger partial charge in [-0.3, -0.25) is 4.79 Å². The van der Waals surface area contributed by atoms with Crippen molar-refractivity contribution in [2.45, 2.75) is 40.0 Å². The molecule has 0 spiro atoms. The molecule has 2 nitrogen and oxygen atoms in total. The Morgan fingerprint density at radius 1 is 1.50 bits per heavy atom. The molecule has 14 heavy (non-hydrogen) atoms. The van der Waals surface area contributed by atoms with Gasteiger partial charge in [0.15, 0.2) is 0 Å². The molecule has 0 saturated heterocycles. The molecular formula is C12H20O2. The first-order chi connectivity index (χ1) is 6.43. The number of hydrogen-bond donors (Lipinski definition) is 1. The molecule has 2 atom stereocenters. The van der Waals surface area contributed by atoms with Crippen LogP contribution in [0.5, 0.6) is 0 Å². The van der Waals surface area contributed by atoms with Crippen molar-refractivity contribution in [3.8, 4) is 0 Å². The van der Waals surface area contributed by atoms with Crippen LogP contribution in [0.1, 0.15) is 40.0 Å². The first kappa shape index (κ1) is 11.3. The fourth-order valence-electron chi connectivity index (χ4n) is 2.31. The fourth-order valence-corrected chi connectivity index (χ4v) is 2.31. The summed E-state index contributed by atoms with van der Waals surface area (Å²) in [6, 6.07) is 0. The zero-order valence-electron chi connectivity index (χ0n) is 9.29. The summed E-state index contributed by atoms with van der Waals surface area (Å²) < 4.78 is 0. The predicted molar refractivity (Wildman–Crippen MR) is 57.1 cm³/mol. The van der Waals surface area contributed by atoms with Gasteiger partial charge in [0.2, 0.25) is 0 Å². The van der Waals surface area contributed by atoms with E-state index in [1.54, 1.807) is 0 Å². The van der Waals surface area contributed by atoms with Crippen LogP contribution >= 0.6 is 0 Å². The fraction of sp³-hybridized carbons (Fsp3) is 0.750. The monoisotopic (exact) mass is 196 g/mol. The lowest BCUT2D eigenvalue weighted by Gasteiger charge is -2.33. The van der Waals surface area contributed by atoms with Crippen molar-refractivity contribution in [2.75, 3.05) is 0 Å². The minimum Gasteiger partial charge on any atom is -0.481 e. The number of hydrogen-bond acceptors (Lipinski definition) is 1. The van der Waals surface area contributed by atoms with E-state index < -0.39 is 5.97 Å². The van der Waals surface area contributed by atoms with Crippen molar-refractivity contribution in [3.05, 3.63) is 12.2 Å². The molecule has 0 aliphatic heterocycles. The molecule has 0 aromatic rings. The molecule has 0 fully saturated rings. The van der Waals surface area contributed by atoms with Crippen molar-refractivity contribution in [1.29, 1.82) is 0 Å². The number of carbonyl (C=O) groups is 1. The molecule has 1 rings (SSSR count). The molecular weight excluding hydrogens is 176 g/mol. The first-order valence-corrected chi connectivity index (χ1v) is 5.32. The van der Waals surface area contributed by atoms with Gasteiger partial charge >= 0.3 is 5.97 Å². The smallest absolute Gasteiger partial charge is 0.307 e. The summed E-state index contributed by atoms with van der Waals surface area (Å²) in [5.41, 5.74) is -0.155. The zero-order valence-corrected chi connectivity index (χ0v) is 9.29. The van der Waals surface area contributed by atoms with E-state index in [-0.39, 0.29) is 17.3 Å². The second-order valence-electron chi connectivity index (χ2n) is 5.20. The highest BCUT2D eigenvalue weighted by Crippen LogP contribution is 2.37. The summed E-state index contributed by atoms with van der Waals surface area (Å²) in [5, 5.41) is 9.23. The molecule has 0 aromatic heterocycles. The highest BCUT2D eigenvalue weighted by Gasteiger charge is 2.36. The Balaban J connectivity index is 2.82.